The fourth-order valence-corrected chi connectivity index (χ4v) is 0.352. The number of hydrogen-bond acceptors (Lipinski definition) is 3. The van der Waals surface area contributed by atoms with Crippen LogP contribution in [0.1, 0.15) is 6.92 Å². The minimum Gasteiger partial charge on any atom is -0.465 e. The predicted octanol–water partition coefficient (Wildman–Crippen LogP) is 0.305. The third-order valence-corrected chi connectivity index (χ3v) is 0.859. The molecule has 0 atom stereocenters. The van der Waals surface area contributed by atoms with Gasteiger partial charge in [0.05, 0.1) is 12.7 Å². The van der Waals surface area contributed by atoms with Gasteiger partial charge in [-0.1, -0.05) is 6.08 Å². The van der Waals surface area contributed by atoms with Crippen LogP contribution in [0.5, 0.6) is 0 Å². The molecule has 0 amide bonds. The van der Waals surface area contributed by atoms with Crippen LogP contribution in [0.4, 0.5) is 0 Å². The van der Waals surface area contributed by atoms with Gasteiger partial charge in [-0.05, 0) is 6.92 Å². The third kappa shape index (κ3) is 2.08. The van der Waals surface area contributed by atoms with E-state index in [1.165, 1.54) is 13.2 Å². The van der Waals surface area contributed by atoms with Crippen LogP contribution in [0.15, 0.2) is 11.6 Å². The molecule has 0 rings (SSSR count). The van der Waals surface area contributed by atoms with Crippen LogP contribution in [0.2, 0.25) is 0 Å². The van der Waals surface area contributed by atoms with E-state index < -0.39 is 5.97 Å². The van der Waals surface area contributed by atoms with Gasteiger partial charge in [-0.2, -0.15) is 0 Å². The highest BCUT2D eigenvalue weighted by Gasteiger charge is 2.04. The smallest absolute Gasteiger partial charge is 0.340 e. The lowest BCUT2D eigenvalue weighted by Crippen LogP contribution is -2.04. The van der Waals surface area contributed by atoms with E-state index in [0.29, 0.717) is 6.29 Å². The summed E-state index contributed by atoms with van der Waals surface area (Å²) in [6.07, 6.45) is 1.87. The molecule has 0 aromatic rings. The number of rotatable bonds is 2. The molecule has 0 aliphatic carbocycles. The van der Waals surface area contributed by atoms with Crippen molar-refractivity contribution in [2.45, 2.75) is 6.92 Å². The summed E-state index contributed by atoms with van der Waals surface area (Å²) >= 11 is 0. The Balaban J connectivity index is 4.14. The highest BCUT2D eigenvalue weighted by Crippen LogP contribution is 1.90. The first-order valence-electron chi connectivity index (χ1n) is 2.46. The molecule has 0 aromatic carbocycles. The lowest BCUT2D eigenvalue weighted by Gasteiger charge is -1.92. The first-order valence-corrected chi connectivity index (χ1v) is 2.46. The van der Waals surface area contributed by atoms with Crippen LogP contribution in [-0.2, 0) is 14.3 Å². The van der Waals surface area contributed by atoms with Crippen molar-refractivity contribution >= 4 is 12.3 Å². The molecule has 3 heteroatoms. The minimum atomic E-state index is -0.590. The van der Waals surface area contributed by atoms with E-state index in [0.717, 1.165) is 0 Å². The molecule has 0 unspecified atom stereocenters. The summed E-state index contributed by atoms with van der Waals surface area (Å²) in [5.41, 5.74) is 0.0532. The van der Waals surface area contributed by atoms with Gasteiger partial charge in [-0.15, -0.1) is 0 Å². The van der Waals surface area contributed by atoms with Crippen LogP contribution < -0.4 is 0 Å². The standard InChI is InChI=1S/C6H8O3/c1-3-5(4-7)6(8)9-2/h3-4H,1-2H3. The fourth-order valence-electron chi connectivity index (χ4n) is 0.352. The first kappa shape index (κ1) is 7.88. The van der Waals surface area contributed by atoms with Crippen LogP contribution in [0.3, 0.4) is 0 Å². The van der Waals surface area contributed by atoms with Crippen molar-refractivity contribution in [3.05, 3.63) is 11.6 Å². The molecule has 0 aliphatic heterocycles. The van der Waals surface area contributed by atoms with E-state index in [1.54, 1.807) is 6.92 Å². The summed E-state index contributed by atoms with van der Waals surface area (Å²) in [5.74, 6) is -0.590. The lowest BCUT2D eigenvalue weighted by molar-refractivity contribution is -0.136. The van der Waals surface area contributed by atoms with E-state index in [4.69, 9.17) is 0 Å². The van der Waals surface area contributed by atoms with E-state index in [9.17, 15) is 9.59 Å². The van der Waals surface area contributed by atoms with Crippen molar-refractivity contribution < 1.29 is 14.3 Å². The number of carbonyl (C=O) groups is 2. The number of hydrogen-bond donors (Lipinski definition) is 0. The van der Waals surface area contributed by atoms with Crippen LogP contribution in [-0.4, -0.2) is 19.4 Å². The van der Waals surface area contributed by atoms with Crippen molar-refractivity contribution in [1.29, 1.82) is 0 Å². The van der Waals surface area contributed by atoms with Crippen LogP contribution in [0.25, 0.3) is 0 Å². The Labute approximate surface area is 53.3 Å². The van der Waals surface area contributed by atoms with E-state index >= 15 is 0 Å². The number of esters is 1. The number of aldehydes is 1. The summed E-state index contributed by atoms with van der Waals surface area (Å²) < 4.78 is 4.26. The van der Waals surface area contributed by atoms with Crippen molar-refractivity contribution in [3.8, 4) is 0 Å². The molecule has 0 radical (unpaired) electrons. The monoisotopic (exact) mass is 128 g/mol. The number of ether oxygens (including phenoxy) is 1. The summed E-state index contributed by atoms with van der Waals surface area (Å²) in [7, 11) is 1.23. The molecular formula is C6H8O3. The summed E-state index contributed by atoms with van der Waals surface area (Å²) in [6, 6.07) is 0. The SMILES string of the molecule is CC=C(C=O)C(=O)OC. The highest BCUT2D eigenvalue weighted by molar-refractivity contribution is 6.07. The van der Waals surface area contributed by atoms with Gasteiger partial charge >= 0.3 is 5.97 Å². The molecular weight excluding hydrogens is 120 g/mol. The molecule has 0 aromatic heterocycles. The van der Waals surface area contributed by atoms with E-state index in [2.05, 4.69) is 4.74 Å². The Kier molecular flexibility index (Phi) is 3.35. The zero-order chi connectivity index (χ0) is 7.28. The summed E-state index contributed by atoms with van der Waals surface area (Å²) in [6.45, 7) is 1.60. The number of allylic oxidation sites excluding steroid dienone is 1. The molecule has 0 aliphatic rings. The fraction of sp³-hybridized carbons (Fsp3) is 0.333. The third-order valence-electron chi connectivity index (χ3n) is 0.859. The minimum absolute atomic E-state index is 0.0532. The van der Waals surface area contributed by atoms with E-state index in [1.807, 2.05) is 0 Å². The molecule has 9 heavy (non-hydrogen) atoms. The Morgan fingerprint density at radius 1 is 1.56 bits per heavy atom. The van der Waals surface area contributed by atoms with Crippen molar-refractivity contribution in [1.82, 2.24) is 0 Å². The predicted molar refractivity (Wildman–Crippen MR) is 31.8 cm³/mol. The normalized spacial score (nSPS) is 10.7. The van der Waals surface area contributed by atoms with Gasteiger partial charge in [0, 0.05) is 0 Å². The Morgan fingerprint density at radius 3 is 2.22 bits per heavy atom. The van der Waals surface area contributed by atoms with Crippen molar-refractivity contribution in [2.24, 2.45) is 0 Å². The molecule has 0 bridgehead atoms. The molecule has 0 heterocycles. The molecule has 0 N–H and O–H groups in total. The van der Waals surface area contributed by atoms with Gasteiger partial charge in [-0.25, -0.2) is 4.79 Å². The largest absolute Gasteiger partial charge is 0.465 e. The maximum Gasteiger partial charge on any atom is 0.340 e. The summed E-state index contributed by atoms with van der Waals surface area (Å²) in [5, 5.41) is 0. The second kappa shape index (κ2) is 3.83. The van der Waals surface area contributed by atoms with Gasteiger partial charge < -0.3 is 4.74 Å². The second-order valence-electron chi connectivity index (χ2n) is 1.35. The maximum atomic E-state index is 10.5. The van der Waals surface area contributed by atoms with Gasteiger partial charge in [0.15, 0.2) is 6.29 Å². The molecule has 0 saturated carbocycles. The molecule has 0 saturated heterocycles. The zero-order valence-corrected chi connectivity index (χ0v) is 5.38. The Bertz CT molecular complexity index is 146. The first-order chi connectivity index (χ1) is 4.26. The maximum absolute atomic E-state index is 10.5. The Morgan fingerprint density at radius 2 is 2.11 bits per heavy atom. The molecule has 50 valence electrons. The average Bonchev–Trinajstić information content (AvgIpc) is 1.90. The molecule has 0 spiro atoms. The van der Waals surface area contributed by atoms with Gasteiger partial charge in [-0.3, -0.25) is 4.79 Å². The zero-order valence-electron chi connectivity index (χ0n) is 5.38. The van der Waals surface area contributed by atoms with Gasteiger partial charge in [0.2, 0.25) is 0 Å². The highest BCUT2D eigenvalue weighted by atomic mass is 16.5. The number of carbonyl (C=O) groups excluding carboxylic acids is 2. The van der Waals surface area contributed by atoms with Crippen molar-refractivity contribution in [3.63, 3.8) is 0 Å². The van der Waals surface area contributed by atoms with Crippen molar-refractivity contribution in [2.75, 3.05) is 7.11 Å². The van der Waals surface area contributed by atoms with Crippen LogP contribution in [0, 0.1) is 0 Å². The second-order valence-corrected chi connectivity index (χ2v) is 1.35. The summed E-state index contributed by atoms with van der Waals surface area (Å²) in [4.78, 5) is 20.4. The van der Waals surface area contributed by atoms with Crippen LogP contribution >= 0.6 is 0 Å². The quantitative estimate of drug-likeness (QED) is 0.177. The Hall–Kier alpha value is -1.12. The van der Waals surface area contributed by atoms with Gasteiger partial charge in [0.25, 0.3) is 0 Å². The average molecular weight is 128 g/mol. The van der Waals surface area contributed by atoms with E-state index in [-0.39, 0.29) is 5.57 Å². The topological polar surface area (TPSA) is 43.4 Å². The molecule has 0 fully saturated rings. The lowest BCUT2D eigenvalue weighted by atomic mass is 10.3. The van der Waals surface area contributed by atoms with Gasteiger partial charge in [0.1, 0.15) is 0 Å². The number of methoxy groups -OCH3 is 1. The molecule has 3 nitrogen and oxygen atoms in total.